The van der Waals surface area contributed by atoms with Gasteiger partial charge in [0.2, 0.25) is 0 Å². The lowest BCUT2D eigenvalue weighted by Gasteiger charge is -2.55. The molecule has 4 aliphatic rings. The highest BCUT2D eigenvalue weighted by Crippen LogP contribution is 2.62. The molecule has 0 N–H and O–H groups in total. The van der Waals surface area contributed by atoms with E-state index in [0.29, 0.717) is 23.7 Å². The highest BCUT2D eigenvalue weighted by molar-refractivity contribution is 6.74. The molecule has 8 atom stereocenters. The van der Waals surface area contributed by atoms with Crippen LogP contribution in [0.15, 0.2) is 11.6 Å². The zero-order valence-electron chi connectivity index (χ0n) is 22.6. The van der Waals surface area contributed by atoms with Crippen molar-refractivity contribution in [3.05, 3.63) is 11.6 Å². The molecule has 34 heavy (non-hydrogen) atoms. The van der Waals surface area contributed by atoms with E-state index in [4.69, 9.17) is 13.9 Å². The predicted molar refractivity (Wildman–Crippen MR) is 136 cm³/mol. The van der Waals surface area contributed by atoms with Crippen LogP contribution in [0.1, 0.15) is 86.5 Å². The maximum atomic E-state index is 12.2. The summed E-state index contributed by atoms with van der Waals surface area (Å²) in [5.74, 6) is 1.44. The second kappa shape index (κ2) is 9.06. The molecule has 3 saturated carbocycles. The summed E-state index contributed by atoms with van der Waals surface area (Å²) in [6.45, 7) is 16.9. The fraction of sp³-hybridized carbons (Fsp3) is 0.857. The number of carbonyl (C=O) groups excluding carboxylic acids is 2. The zero-order chi connectivity index (χ0) is 25.1. The first-order valence-electron chi connectivity index (χ1n) is 13.5. The smallest absolute Gasteiger partial charge is 0.303 e. The highest BCUT2D eigenvalue weighted by atomic mass is 28.4. The minimum atomic E-state index is -1.83. The molecule has 3 fully saturated rings. The largest absolute Gasteiger partial charge is 0.462 e. The maximum Gasteiger partial charge on any atom is 0.303 e. The highest BCUT2D eigenvalue weighted by Gasteiger charge is 2.60. The Labute approximate surface area is 207 Å². The van der Waals surface area contributed by atoms with Crippen LogP contribution in [0, 0.1) is 29.1 Å². The quantitative estimate of drug-likeness (QED) is 0.258. The van der Waals surface area contributed by atoms with Gasteiger partial charge in [0, 0.05) is 31.3 Å². The Morgan fingerprint density at radius 3 is 2.29 bits per heavy atom. The van der Waals surface area contributed by atoms with E-state index in [1.807, 2.05) is 0 Å². The van der Waals surface area contributed by atoms with Crippen molar-refractivity contribution in [1.82, 2.24) is 0 Å². The predicted octanol–water partition coefficient (Wildman–Crippen LogP) is 6.42. The standard InChI is InChI=1S/C28H46O5Si/c1-17(29)31-24-16-19-15-20(33-34(7,8)27(3,4)5)9-10-21(19)22-13-14-28(6)23(26(22)24)11-12-25(28)32-18(2)30/h16,20-26H,9-15H2,1-8H3/t20-,21?,22?,23?,24?,25-,26?,28-/m0/s1. The van der Waals surface area contributed by atoms with Crippen LogP contribution in [0.2, 0.25) is 18.1 Å². The number of rotatable bonds is 4. The summed E-state index contributed by atoms with van der Waals surface area (Å²) in [7, 11) is -1.83. The van der Waals surface area contributed by atoms with Gasteiger partial charge in [-0.3, -0.25) is 9.59 Å². The van der Waals surface area contributed by atoms with Gasteiger partial charge in [-0.25, -0.2) is 0 Å². The Hall–Kier alpha value is -1.14. The molecule has 0 bridgehead atoms. The lowest BCUT2D eigenvalue weighted by Crippen LogP contribution is -2.53. The van der Waals surface area contributed by atoms with Crippen LogP contribution in [0.4, 0.5) is 0 Å². The lowest BCUT2D eigenvalue weighted by molar-refractivity contribution is -0.162. The minimum Gasteiger partial charge on any atom is -0.462 e. The van der Waals surface area contributed by atoms with Crippen LogP contribution in [-0.2, 0) is 23.5 Å². The van der Waals surface area contributed by atoms with Crippen molar-refractivity contribution < 1.29 is 23.5 Å². The van der Waals surface area contributed by atoms with Crippen molar-refractivity contribution in [2.45, 2.75) is 123 Å². The Bertz CT molecular complexity index is 842. The lowest BCUT2D eigenvalue weighted by atomic mass is 9.52. The van der Waals surface area contributed by atoms with Gasteiger partial charge in [-0.05, 0) is 86.9 Å². The van der Waals surface area contributed by atoms with Crippen molar-refractivity contribution >= 4 is 20.3 Å². The number of hydrogen-bond acceptors (Lipinski definition) is 5. The molecule has 4 rings (SSSR count). The molecule has 4 aliphatic carbocycles. The van der Waals surface area contributed by atoms with Crippen molar-refractivity contribution in [3.8, 4) is 0 Å². The number of ether oxygens (including phenoxy) is 2. The van der Waals surface area contributed by atoms with E-state index >= 15 is 0 Å². The average molecular weight is 491 g/mol. The summed E-state index contributed by atoms with van der Waals surface area (Å²) in [5.41, 5.74) is 1.43. The van der Waals surface area contributed by atoms with Crippen molar-refractivity contribution in [2.24, 2.45) is 29.1 Å². The van der Waals surface area contributed by atoms with E-state index in [0.717, 1.165) is 44.9 Å². The van der Waals surface area contributed by atoms with E-state index in [1.165, 1.54) is 19.4 Å². The molecule has 0 amide bonds. The second-order valence-electron chi connectivity index (χ2n) is 13.3. The molecule has 0 saturated heterocycles. The third-order valence-electron chi connectivity index (χ3n) is 10.2. The summed E-state index contributed by atoms with van der Waals surface area (Å²) in [4.78, 5) is 23.9. The van der Waals surface area contributed by atoms with Gasteiger partial charge in [0.05, 0.1) is 0 Å². The molecule has 0 aromatic heterocycles. The normalized spacial score (nSPS) is 39.9. The van der Waals surface area contributed by atoms with Gasteiger partial charge in [-0.2, -0.15) is 0 Å². The van der Waals surface area contributed by atoms with Crippen molar-refractivity contribution in [3.63, 3.8) is 0 Å². The van der Waals surface area contributed by atoms with Gasteiger partial charge in [-0.1, -0.05) is 33.3 Å². The van der Waals surface area contributed by atoms with Crippen LogP contribution in [0.3, 0.4) is 0 Å². The maximum absolute atomic E-state index is 12.2. The molecule has 0 spiro atoms. The molecular weight excluding hydrogens is 444 g/mol. The molecule has 5 nitrogen and oxygen atoms in total. The fourth-order valence-electron chi connectivity index (χ4n) is 7.58. The van der Waals surface area contributed by atoms with Gasteiger partial charge in [-0.15, -0.1) is 0 Å². The van der Waals surface area contributed by atoms with Gasteiger partial charge < -0.3 is 13.9 Å². The summed E-state index contributed by atoms with van der Waals surface area (Å²) in [6.07, 6.45) is 9.78. The van der Waals surface area contributed by atoms with Crippen LogP contribution >= 0.6 is 0 Å². The topological polar surface area (TPSA) is 61.8 Å². The summed E-state index contributed by atoms with van der Waals surface area (Å²) in [6, 6.07) is 0. The molecular formula is C28H46O5Si. The Balaban J connectivity index is 1.59. The van der Waals surface area contributed by atoms with Gasteiger partial charge in [0.25, 0.3) is 0 Å². The van der Waals surface area contributed by atoms with Crippen LogP contribution in [0.5, 0.6) is 0 Å². The molecule has 0 radical (unpaired) electrons. The van der Waals surface area contributed by atoms with E-state index in [1.54, 1.807) is 0 Å². The molecule has 0 aromatic rings. The molecule has 5 unspecified atom stereocenters. The van der Waals surface area contributed by atoms with Crippen LogP contribution in [-0.4, -0.2) is 38.6 Å². The second-order valence-corrected chi connectivity index (χ2v) is 18.0. The fourth-order valence-corrected chi connectivity index (χ4v) is 8.97. The Morgan fingerprint density at radius 1 is 1.00 bits per heavy atom. The summed E-state index contributed by atoms with van der Waals surface area (Å²) >= 11 is 0. The summed E-state index contributed by atoms with van der Waals surface area (Å²) < 4.78 is 18.6. The first-order valence-corrected chi connectivity index (χ1v) is 16.4. The Morgan fingerprint density at radius 2 is 1.68 bits per heavy atom. The average Bonchev–Trinajstić information content (AvgIpc) is 3.01. The molecule has 0 aromatic carbocycles. The SMILES string of the molecule is CC(=O)OC1C=C2C[C@@H](O[Si](C)(C)C(C)(C)C)CCC2C2CC[C@@]3(C)C(CC[C@@H]3OC(C)=O)C12. The molecule has 6 heteroatoms. The zero-order valence-corrected chi connectivity index (χ0v) is 23.6. The third-order valence-corrected chi connectivity index (χ3v) is 14.7. The Kier molecular flexibility index (Phi) is 6.91. The van der Waals surface area contributed by atoms with Gasteiger partial charge in [0.1, 0.15) is 12.2 Å². The van der Waals surface area contributed by atoms with Crippen LogP contribution < -0.4 is 0 Å². The van der Waals surface area contributed by atoms with E-state index < -0.39 is 8.32 Å². The number of fused-ring (bicyclic) bond motifs is 5. The van der Waals surface area contributed by atoms with E-state index in [2.05, 4.69) is 46.9 Å². The van der Waals surface area contributed by atoms with E-state index in [-0.39, 0.29) is 40.7 Å². The molecule has 0 heterocycles. The van der Waals surface area contributed by atoms with Crippen molar-refractivity contribution in [2.75, 3.05) is 0 Å². The monoisotopic (exact) mass is 490 g/mol. The minimum absolute atomic E-state index is 0.0203. The third kappa shape index (κ3) is 4.66. The molecule has 0 aliphatic heterocycles. The van der Waals surface area contributed by atoms with Gasteiger partial charge in [0.15, 0.2) is 8.32 Å². The first kappa shape index (κ1) is 25.9. The number of esters is 2. The van der Waals surface area contributed by atoms with Gasteiger partial charge >= 0.3 is 11.9 Å². The van der Waals surface area contributed by atoms with Crippen molar-refractivity contribution in [1.29, 1.82) is 0 Å². The first-order chi connectivity index (χ1) is 15.7. The number of carbonyl (C=O) groups is 2. The van der Waals surface area contributed by atoms with E-state index in [9.17, 15) is 9.59 Å². The summed E-state index contributed by atoms with van der Waals surface area (Å²) in [5, 5.41) is 0.199. The van der Waals surface area contributed by atoms with Crippen LogP contribution in [0.25, 0.3) is 0 Å². The number of hydrogen-bond donors (Lipinski definition) is 0. The molecule has 192 valence electrons.